The SMILES string of the molecule is C(=Cc1cccc(C2C3CC4CC2(c2cccc(C=Cc5ccccc5)c2C=Cc2ccccc2)C(c2cccc(C=Cc5ccccc5)c2C=Cc2ccccc2)(c2cccc(C=Cc5ccccc5)c2C=Cc2ccccc2)C(C25CC6CC(CC(C6)C2)C5)(C4)C3)c1C=Cc1ccccc1)c1ccccc1. The summed E-state index contributed by atoms with van der Waals surface area (Å²) < 4.78 is 0. The van der Waals surface area contributed by atoms with Gasteiger partial charge in [0.1, 0.15) is 0 Å². The molecule has 526 valence electrons. The predicted molar refractivity (Wildman–Crippen MR) is 462 cm³/mol. The molecule has 0 nitrogen and oxygen atoms in total. The Kier molecular flexibility index (Phi) is 19.0. The van der Waals surface area contributed by atoms with E-state index < -0.39 is 10.8 Å². The molecule has 12 aromatic carbocycles. The van der Waals surface area contributed by atoms with Gasteiger partial charge in [-0.25, -0.2) is 0 Å². The fourth-order valence-corrected chi connectivity index (χ4v) is 22.8. The fourth-order valence-electron chi connectivity index (χ4n) is 22.8. The van der Waals surface area contributed by atoms with Crippen molar-refractivity contribution in [3.63, 3.8) is 0 Å². The molecule has 8 aliphatic carbocycles. The molecule has 5 unspecified atom stereocenters. The Morgan fingerprint density at radius 1 is 0.213 bits per heavy atom. The van der Waals surface area contributed by atoms with Gasteiger partial charge in [0, 0.05) is 10.8 Å². The summed E-state index contributed by atoms with van der Waals surface area (Å²) in [6.07, 6.45) is 51.8. The summed E-state index contributed by atoms with van der Waals surface area (Å²) in [5.74, 6) is 2.83. The third kappa shape index (κ3) is 12.9. The molecular weight excluding hydrogens is 1300 g/mol. The Bertz CT molecular complexity index is 5220. The van der Waals surface area contributed by atoms with E-state index in [2.05, 4.69) is 413 Å². The molecule has 0 amide bonds. The molecule has 0 N–H and O–H groups in total. The zero-order chi connectivity index (χ0) is 72.2. The van der Waals surface area contributed by atoms with Gasteiger partial charge in [0.15, 0.2) is 0 Å². The van der Waals surface area contributed by atoms with Crippen molar-refractivity contribution in [1.29, 1.82) is 0 Å². The summed E-state index contributed by atoms with van der Waals surface area (Å²) >= 11 is 0. The van der Waals surface area contributed by atoms with E-state index in [0.29, 0.717) is 29.6 Å². The molecule has 8 fully saturated rings. The van der Waals surface area contributed by atoms with Crippen LogP contribution in [0.2, 0.25) is 0 Å². The van der Waals surface area contributed by atoms with Crippen LogP contribution in [0.15, 0.2) is 315 Å². The molecule has 8 aliphatic rings. The van der Waals surface area contributed by atoms with Gasteiger partial charge in [-0.3, -0.25) is 0 Å². The number of benzene rings is 12. The van der Waals surface area contributed by atoms with Gasteiger partial charge in [-0.1, -0.05) is 413 Å². The molecular formula is C108H94. The molecule has 0 saturated heterocycles. The Hall–Kier alpha value is -11.4. The van der Waals surface area contributed by atoms with Gasteiger partial charge in [0.2, 0.25) is 0 Å². The normalized spacial score (nSPS) is 24.9. The molecule has 0 heterocycles. The molecule has 8 bridgehead atoms. The lowest BCUT2D eigenvalue weighted by Gasteiger charge is -2.82. The summed E-state index contributed by atoms with van der Waals surface area (Å²) in [6.45, 7) is 0. The average molecular weight is 1390 g/mol. The number of hydrogen-bond donors (Lipinski definition) is 0. The van der Waals surface area contributed by atoms with Crippen molar-refractivity contribution in [1.82, 2.24) is 0 Å². The van der Waals surface area contributed by atoms with E-state index in [1.165, 1.54) is 163 Å². The standard InChI is InChI=1S/C108H94/c1-9-29-79(30-10-1)53-61-91-45-25-49-100(96(91)65-57-83-37-17-5-18-38-83)104-95-72-90-76-106(78-95,105-73-87-69-88(74-105)71-89(70-87)75-105)108(102-51-27-47-93(63-55-81-33-13-3-14-34-81)98(102)67-59-85-41-21-7-22-42-85,103-52-28-48-94(64-56-82-35-15-4-16-36-82)99(103)68-60-86-43-23-8-24-44-86)107(104,77-90)101-50-26-46-92(62-54-80-31-11-2-12-32-80)97(101)66-58-84-39-19-6-20-40-84/h1-68,87-90,95,104H,69-78H2. The van der Waals surface area contributed by atoms with E-state index in [1.54, 1.807) is 0 Å². The molecule has 8 saturated carbocycles. The van der Waals surface area contributed by atoms with E-state index in [-0.39, 0.29) is 16.7 Å². The Labute approximate surface area is 641 Å². The first-order chi connectivity index (χ1) is 53.4. The molecule has 12 aromatic rings. The summed E-state index contributed by atoms with van der Waals surface area (Å²) in [7, 11) is 0. The Balaban J connectivity index is 1.07. The van der Waals surface area contributed by atoms with Crippen LogP contribution in [0, 0.1) is 40.4 Å². The second-order valence-corrected chi connectivity index (χ2v) is 32.2. The van der Waals surface area contributed by atoms with Gasteiger partial charge < -0.3 is 0 Å². The van der Waals surface area contributed by atoms with Gasteiger partial charge in [-0.05, 0) is 222 Å². The lowest BCUT2D eigenvalue weighted by atomic mass is 9.21. The Morgan fingerprint density at radius 2 is 0.500 bits per heavy atom. The summed E-state index contributed by atoms with van der Waals surface area (Å²) in [5.41, 5.74) is 23.7. The quantitative estimate of drug-likeness (QED) is 0.0629. The first kappa shape index (κ1) is 68.4. The molecule has 5 atom stereocenters. The van der Waals surface area contributed by atoms with Crippen LogP contribution >= 0.6 is 0 Å². The molecule has 0 heteroatoms. The van der Waals surface area contributed by atoms with Gasteiger partial charge in [0.05, 0.1) is 0 Å². The minimum atomic E-state index is -0.781. The maximum atomic E-state index is 2.72. The first-order valence-electron chi connectivity index (χ1n) is 39.8. The van der Waals surface area contributed by atoms with Crippen LogP contribution < -0.4 is 0 Å². The molecule has 0 radical (unpaired) electrons. The predicted octanol–water partition coefficient (Wildman–Crippen LogP) is 28.1. The third-order valence-corrected chi connectivity index (χ3v) is 26.1. The van der Waals surface area contributed by atoms with Crippen molar-refractivity contribution >= 4 is 97.2 Å². The van der Waals surface area contributed by atoms with Crippen molar-refractivity contribution < 1.29 is 0 Å². The summed E-state index contributed by atoms with van der Waals surface area (Å²) in [4.78, 5) is 0. The van der Waals surface area contributed by atoms with Crippen molar-refractivity contribution in [2.24, 2.45) is 40.4 Å². The van der Waals surface area contributed by atoms with Gasteiger partial charge in [0.25, 0.3) is 0 Å². The molecule has 20 rings (SSSR count). The van der Waals surface area contributed by atoms with E-state index in [0.717, 1.165) is 12.8 Å². The van der Waals surface area contributed by atoms with Crippen LogP contribution in [-0.2, 0) is 10.8 Å². The van der Waals surface area contributed by atoms with E-state index in [1.807, 2.05) is 0 Å². The smallest absolute Gasteiger partial charge is 0.0379 e. The topological polar surface area (TPSA) is 0 Å². The van der Waals surface area contributed by atoms with Crippen LogP contribution in [0.3, 0.4) is 0 Å². The van der Waals surface area contributed by atoms with E-state index >= 15 is 0 Å². The van der Waals surface area contributed by atoms with Gasteiger partial charge in [-0.2, -0.15) is 0 Å². The number of rotatable bonds is 21. The van der Waals surface area contributed by atoms with E-state index in [9.17, 15) is 0 Å². The monoisotopic (exact) mass is 1390 g/mol. The largest absolute Gasteiger partial charge is 0.0622 e. The number of hydrogen-bond acceptors (Lipinski definition) is 0. The van der Waals surface area contributed by atoms with Crippen molar-refractivity contribution in [2.75, 3.05) is 0 Å². The van der Waals surface area contributed by atoms with Gasteiger partial charge >= 0.3 is 0 Å². The van der Waals surface area contributed by atoms with Crippen LogP contribution in [-0.4, -0.2) is 0 Å². The minimum absolute atomic E-state index is 0.00305. The van der Waals surface area contributed by atoms with Crippen molar-refractivity contribution in [3.8, 4) is 0 Å². The highest BCUT2D eigenvalue weighted by Gasteiger charge is 2.82. The minimum Gasteiger partial charge on any atom is -0.0622 e. The second-order valence-electron chi connectivity index (χ2n) is 32.2. The fraction of sp³-hybridized carbons (Fsp3) is 0.185. The zero-order valence-corrected chi connectivity index (χ0v) is 61.8. The maximum absolute atomic E-state index is 2.72. The van der Waals surface area contributed by atoms with Crippen LogP contribution in [0.25, 0.3) is 97.2 Å². The molecule has 0 spiro atoms. The summed E-state index contributed by atoms with van der Waals surface area (Å²) in [6, 6.07) is 119. The lowest BCUT2D eigenvalue weighted by molar-refractivity contribution is -0.250. The highest BCUT2D eigenvalue weighted by atomic mass is 14.8. The van der Waals surface area contributed by atoms with E-state index in [4.69, 9.17) is 0 Å². The highest BCUT2D eigenvalue weighted by molar-refractivity contribution is 5.90. The molecule has 0 aromatic heterocycles. The highest BCUT2D eigenvalue weighted by Crippen LogP contribution is 2.87. The summed E-state index contributed by atoms with van der Waals surface area (Å²) in [5, 5.41) is 0. The lowest BCUT2D eigenvalue weighted by Crippen LogP contribution is -2.78. The van der Waals surface area contributed by atoms with Crippen molar-refractivity contribution in [3.05, 3.63) is 427 Å². The second kappa shape index (κ2) is 30.1. The third-order valence-electron chi connectivity index (χ3n) is 26.1. The average Bonchev–Trinajstić information content (AvgIpc) is 0.625. The molecule has 0 aliphatic heterocycles. The van der Waals surface area contributed by atoms with Crippen LogP contribution in [0.4, 0.5) is 0 Å². The van der Waals surface area contributed by atoms with Crippen LogP contribution in [0.1, 0.15) is 181 Å². The van der Waals surface area contributed by atoms with Crippen molar-refractivity contribution in [2.45, 2.75) is 81.0 Å². The first-order valence-corrected chi connectivity index (χ1v) is 39.8. The van der Waals surface area contributed by atoms with Crippen LogP contribution in [0.5, 0.6) is 0 Å². The molecule has 108 heavy (non-hydrogen) atoms. The zero-order valence-electron chi connectivity index (χ0n) is 61.8. The van der Waals surface area contributed by atoms with Gasteiger partial charge in [-0.15, -0.1) is 0 Å². The Morgan fingerprint density at radius 3 is 0.843 bits per heavy atom. The maximum Gasteiger partial charge on any atom is 0.0379 e.